The van der Waals surface area contributed by atoms with Crippen molar-refractivity contribution in [2.24, 2.45) is 0 Å². The number of nitrogens with one attached hydrogen (secondary N) is 1. The van der Waals surface area contributed by atoms with Gasteiger partial charge in [-0.15, -0.1) is 12.8 Å². The number of nitro groups is 2. The van der Waals surface area contributed by atoms with E-state index in [0.29, 0.717) is 6.54 Å². The summed E-state index contributed by atoms with van der Waals surface area (Å²) in [6.45, 7) is 10.2. The SMILES string of the molecule is C.CC(CC[C-]=O)[N+](=O)[O-].CCNC(=O)CCC(C)(CC[C-]=O)[N+](=O)[O-].[CH2-]C.[CH3-].[W+2].[W+2]. The number of hydrogen-bond acceptors (Lipinski definition) is 7. The molecule has 0 aliphatic rings. The van der Waals surface area contributed by atoms with Gasteiger partial charge in [0, 0.05) is 43.1 Å². The molecule has 12 heteroatoms. The Morgan fingerprint density at radius 3 is 1.87 bits per heavy atom. The van der Waals surface area contributed by atoms with Gasteiger partial charge in [-0.05, 0) is 19.8 Å². The van der Waals surface area contributed by atoms with Crippen LogP contribution in [0, 0.1) is 34.6 Å². The van der Waals surface area contributed by atoms with E-state index in [9.17, 15) is 34.6 Å². The van der Waals surface area contributed by atoms with Gasteiger partial charge in [0.1, 0.15) is 0 Å². The van der Waals surface area contributed by atoms with Crippen molar-refractivity contribution in [3.8, 4) is 0 Å². The van der Waals surface area contributed by atoms with Crippen molar-refractivity contribution in [1.82, 2.24) is 5.32 Å². The summed E-state index contributed by atoms with van der Waals surface area (Å²) in [5, 5.41) is 23.3. The topological polar surface area (TPSA) is 150 Å². The summed E-state index contributed by atoms with van der Waals surface area (Å²) in [6.07, 6.45) is 4.05. The molecule has 0 rings (SSSR count). The average Bonchev–Trinajstić information content (AvgIpc) is 2.64. The zero-order valence-corrected chi connectivity index (χ0v) is 24.2. The fourth-order valence-corrected chi connectivity index (χ4v) is 1.67. The van der Waals surface area contributed by atoms with E-state index >= 15 is 0 Å². The molecular formula is C19H37N3O7W2. The fourth-order valence-electron chi connectivity index (χ4n) is 1.67. The Bertz CT molecular complexity index is 470. The van der Waals surface area contributed by atoms with E-state index in [1.54, 1.807) is 26.4 Å². The molecule has 0 aromatic carbocycles. The van der Waals surface area contributed by atoms with Crippen molar-refractivity contribution < 1.29 is 66.4 Å². The number of rotatable bonds is 12. The molecule has 182 valence electrons. The maximum atomic E-state index is 11.2. The summed E-state index contributed by atoms with van der Waals surface area (Å²) in [5.74, 6) is -0.203. The third-order valence-corrected chi connectivity index (χ3v) is 3.50. The van der Waals surface area contributed by atoms with Gasteiger partial charge >= 0.3 is 42.1 Å². The normalized spacial score (nSPS) is 11.0. The molecule has 0 bridgehead atoms. The first-order valence-corrected chi connectivity index (χ1v) is 8.60. The number of carbonyl (C=O) groups excluding carboxylic acids is 3. The van der Waals surface area contributed by atoms with E-state index in [1.165, 1.54) is 13.8 Å². The second kappa shape index (κ2) is 31.2. The Labute approximate surface area is 215 Å². The molecule has 31 heavy (non-hydrogen) atoms. The van der Waals surface area contributed by atoms with E-state index in [4.69, 9.17) is 0 Å². The third kappa shape index (κ3) is 29.0. The Kier molecular flexibility index (Phi) is 48.0. The number of hydrogen-bond donors (Lipinski definition) is 1. The van der Waals surface area contributed by atoms with Gasteiger partial charge in [0.2, 0.25) is 17.5 Å². The first-order valence-electron chi connectivity index (χ1n) is 8.60. The number of carbonyl (C=O) groups is 1. The van der Waals surface area contributed by atoms with Gasteiger partial charge in [-0.1, -0.05) is 7.43 Å². The van der Waals surface area contributed by atoms with Crippen LogP contribution in [0.4, 0.5) is 0 Å². The van der Waals surface area contributed by atoms with Crippen LogP contribution in [0.15, 0.2) is 0 Å². The van der Waals surface area contributed by atoms with Crippen LogP contribution in [-0.2, 0) is 56.5 Å². The zero-order chi connectivity index (χ0) is 21.9. The van der Waals surface area contributed by atoms with E-state index in [-0.39, 0.29) is 101 Å². The van der Waals surface area contributed by atoms with Crippen molar-refractivity contribution in [2.75, 3.05) is 6.54 Å². The monoisotopic (exact) mass is 787 g/mol. The van der Waals surface area contributed by atoms with Crippen molar-refractivity contribution >= 4 is 18.5 Å². The minimum atomic E-state index is -1.22. The summed E-state index contributed by atoms with van der Waals surface area (Å²) in [4.78, 5) is 50.7. The molecule has 2 unspecified atom stereocenters. The minimum absolute atomic E-state index is 0. The molecule has 0 aromatic rings. The van der Waals surface area contributed by atoms with Crippen LogP contribution in [0.5, 0.6) is 0 Å². The summed E-state index contributed by atoms with van der Waals surface area (Å²) in [6, 6.07) is -0.619. The Morgan fingerprint density at radius 2 is 1.55 bits per heavy atom. The predicted octanol–water partition coefficient (Wildman–Crippen LogP) is 3.29. The zero-order valence-electron chi connectivity index (χ0n) is 18.3. The van der Waals surface area contributed by atoms with Gasteiger partial charge < -0.3 is 29.3 Å². The van der Waals surface area contributed by atoms with Crippen LogP contribution in [0.25, 0.3) is 0 Å². The molecule has 0 aromatic heterocycles. The predicted molar refractivity (Wildman–Crippen MR) is 114 cm³/mol. The molecular weight excluding hydrogens is 750 g/mol. The Morgan fingerprint density at radius 1 is 1.10 bits per heavy atom. The van der Waals surface area contributed by atoms with Crippen LogP contribution < -0.4 is 5.32 Å². The average molecular weight is 787 g/mol. The first kappa shape index (κ1) is 47.7. The second-order valence-electron chi connectivity index (χ2n) is 5.67. The first-order chi connectivity index (χ1) is 12.6. The maximum absolute atomic E-state index is 11.2. The van der Waals surface area contributed by atoms with Gasteiger partial charge in [-0.2, -0.15) is 6.92 Å². The second-order valence-corrected chi connectivity index (χ2v) is 5.67. The minimum Gasteiger partial charge on any atom is -0.542 e. The van der Waals surface area contributed by atoms with Gasteiger partial charge in [0.05, 0.1) is 0 Å². The van der Waals surface area contributed by atoms with Crippen LogP contribution in [0.1, 0.15) is 73.6 Å². The molecule has 0 saturated heterocycles. The number of nitrogens with zero attached hydrogens (tertiary/aromatic N) is 2. The summed E-state index contributed by atoms with van der Waals surface area (Å²) in [7, 11) is 0. The smallest absolute Gasteiger partial charge is 0.542 e. The molecule has 0 heterocycles. The molecule has 1 N–H and O–H groups in total. The summed E-state index contributed by atoms with van der Waals surface area (Å²) < 4.78 is 0. The fraction of sp³-hybridized carbons (Fsp3) is 0.737. The molecule has 0 aliphatic carbocycles. The largest absolute Gasteiger partial charge is 2.00 e. The van der Waals surface area contributed by atoms with E-state index in [2.05, 4.69) is 12.2 Å². The summed E-state index contributed by atoms with van der Waals surface area (Å²) >= 11 is 0. The van der Waals surface area contributed by atoms with Crippen LogP contribution >= 0.6 is 0 Å². The maximum Gasteiger partial charge on any atom is 2.00 e. The third-order valence-electron chi connectivity index (χ3n) is 3.50. The van der Waals surface area contributed by atoms with E-state index in [1.807, 2.05) is 0 Å². The van der Waals surface area contributed by atoms with Gasteiger partial charge in [-0.3, -0.25) is 37.6 Å². The van der Waals surface area contributed by atoms with Crippen molar-refractivity contribution in [2.45, 2.75) is 85.2 Å². The molecule has 1 amide bonds. The van der Waals surface area contributed by atoms with E-state index in [0.717, 1.165) is 0 Å². The Hall–Kier alpha value is -1.01. The van der Waals surface area contributed by atoms with Crippen LogP contribution in [-0.4, -0.2) is 46.5 Å². The van der Waals surface area contributed by atoms with Crippen molar-refractivity contribution in [3.05, 3.63) is 34.6 Å². The summed E-state index contributed by atoms with van der Waals surface area (Å²) in [5.41, 5.74) is -1.22. The molecule has 0 spiro atoms. The van der Waals surface area contributed by atoms with Gasteiger partial charge in [0.25, 0.3) is 0 Å². The molecule has 0 saturated carbocycles. The Balaban J connectivity index is -0.0000000671. The van der Waals surface area contributed by atoms with Crippen LogP contribution in [0.2, 0.25) is 0 Å². The standard InChI is InChI=1S/C10H17N2O4.C5H8NO3.C2H5.CH4.CH3.2W/c1-3-11-9(14)5-7-10(2,12(15)16)6-4-8-13;1-5(6(8)9)3-2-4-7;1-2;;;;/h3-7H2,1-2H3,(H,11,14);5H,2-3H2,1H3;1H2,2H3;1H4;1H3;;/q3*-1;;-1;2*+2. The van der Waals surface area contributed by atoms with Crippen molar-refractivity contribution in [3.63, 3.8) is 0 Å². The van der Waals surface area contributed by atoms with Crippen LogP contribution in [0.3, 0.4) is 0 Å². The quantitative estimate of drug-likeness (QED) is 0.181. The number of amides is 1. The van der Waals surface area contributed by atoms with Gasteiger partial charge in [0.15, 0.2) is 0 Å². The molecule has 0 fully saturated rings. The molecule has 0 radical (unpaired) electrons. The van der Waals surface area contributed by atoms with E-state index < -0.39 is 21.4 Å². The molecule has 0 aliphatic heterocycles. The van der Waals surface area contributed by atoms with Gasteiger partial charge in [-0.25, -0.2) is 0 Å². The van der Waals surface area contributed by atoms with Crippen molar-refractivity contribution in [1.29, 1.82) is 0 Å². The molecule has 2 atom stereocenters. The molecule has 10 nitrogen and oxygen atoms in total.